The van der Waals surface area contributed by atoms with E-state index in [1.165, 1.54) is 30.3 Å². The van der Waals surface area contributed by atoms with Gasteiger partial charge in [-0.3, -0.25) is 14.9 Å². The van der Waals surface area contributed by atoms with Gasteiger partial charge in [-0.25, -0.2) is 9.59 Å². The Labute approximate surface area is 160 Å². The summed E-state index contributed by atoms with van der Waals surface area (Å²) in [7, 11) is 1.13. The summed E-state index contributed by atoms with van der Waals surface area (Å²) in [6, 6.07) is 9.25. The van der Waals surface area contributed by atoms with Crippen LogP contribution >= 0.6 is 0 Å². The van der Waals surface area contributed by atoms with E-state index in [0.717, 1.165) is 19.2 Å². The van der Waals surface area contributed by atoms with Crippen LogP contribution in [0, 0.1) is 10.1 Å². The number of carbonyl (C=O) groups excluding carboxylic acids is 3. The number of hydrogen-bond acceptors (Lipinski definition) is 7. The minimum absolute atomic E-state index is 0.0824. The summed E-state index contributed by atoms with van der Waals surface area (Å²) in [6.45, 7) is 2.19. The van der Waals surface area contributed by atoms with Crippen LogP contribution in [0.2, 0.25) is 0 Å². The van der Waals surface area contributed by atoms with E-state index in [9.17, 15) is 24.5 Å². The van der Waals surface area contributed by atoms with E-state index in [4.69, 9.17) is 4.74 Å². The van der Waals surface area contributed by atoms with Crippen LogP contribution in [-0.2, 0) is 9.47 Å². The van der Waals surface area contributed by atoms with Crippen molar-refractivity contribution in [1.82, 2.24) is 0 Å². The quantitative estimate of drug-likeness (QED) is 0.440. The van der Waals surface area contributed by atoms with Crippen molar-refractivity contribution >= 4 is 29.2 Å². The molecule has 0 aliphatic heterocycles. The van der Waals surface area contributed by atoms with E-state index in [2.05, 4.69) is 10.1 Å². The van der Waals surface area contributed by atoms with Crippen LogP contribution in [0.15, 0.2) is 42.5 Å². The van der Waals surface area contributed by atoms with Crippen molar-refractivity contribution in [1.29, 1.82) is 0 Å². The predicted molar refractivity (Wildman–Crippen MR) is 99.4 cm³/mol. The zero-order valence-electron chi connectivity index (χ0n) is 15.3. The van der Waals surface area contributed by atoms with Gasteiger partial charge in [-0.1, -0.05) is 6.92 Å². The first kappa shape index (κ1) is 20.6. The van der Waals surface area contributed by atoms with Gasteiger partial charge < -0.3 is 14.8 Å². The molecule has 0 atom stereocenters. The topological polar surface area (TPSA) is 125 Å². The number of ether oxygens (including phenoxy) is 2. The highest BCUT2D eigenvalue weighted by atomic mass is 16.6. The fraction of sp³-hybridized carbons (Fsp3) is 0.211. The lowest BCUT2D eigenvalue weighted by Gasteiger charge is -2.08. The number of amides is 1. The third kappa shape index (κ3) is 5.13. The van der Waals surface area contributed by atoms with Gasteiger partial charge in [0.15, 0.2) is 0 Å². The summed E-state index contributed by atoms with van der Waals surface area (Å²) in [5, 5.41) is 13.6. The van der Waals surface area contributed by atoms with Gasteiger partial charge in [-0.15, -0.1) is 0 Å². The molecule has 0 fully saturated rings. The molecule has 1 amide bonds. The second kappa shape index (κ2) is 9.26. The van der Waals surface area contributed by atoms with E-state index in [-0.39, 0.29) is 11.1 Å². The van der Waals surface area contributed by atoms with Crippen LogP contribution in [0.25, 0.3) is 0 Å². The number of nitrogens with one attached hydrogen (secondary N) is 1. The van der Waals surface area contributed by atoms with Crippen molar-refractivity contribution in [3.8, 4) is 0 Å². The molecule has 0 spiro atoms. The van der Waals surface area contributed by atoms with Gasteiger partial charge in [0.05, 0.1) is 29.8 Å². The number of rotatable bonds is 7. The second-order valence-corrected chi connectivity index (χ2v) is 5.68. The van der Waals surface area contributed by atoms with Crippen LogP contribution in [0.4, 0.5) is 11.4 Å². The van der Waals surface area contributed by atoms with Gasteiger partial charge in [0.1, 0.15) is 0 Å². The molecule has 28 heavy (non-hydrogen) atoms. The number of methoxy groups -OCH3 is 1. The van der Waals surface area contributed by atoms with Gasteiger partial charge in [-0.05, 0) is 36.8 Å². The predicted octanol–water partition coefficient (Wildman–Crippen LogP) is 3.20. The second-order valence-electron chi connectivity index (χ2n) is 5.68. The number of benzene rings is 2. The maximum Gasteiger partial charge on any atom is 0.338 e. The van der Waals surface area contributed by atoms with E-state index < -0.39 is 28.5 Å². The fourth-order valence-electron chi connectivity index (χ4n) is 2.25. The highest BCUT2D eigenvalue weighted by Crippen LogP contribution is 2.20. The van der Waals surface area contributed by atoms with Crippen molar-refractivity contribution in [3.05, 3.63) is 69.3 Å². The molecule has 0 bridgehead atoms. The Kier molecular flexibility index (Phi) is 6.80. The molecule has 1 N–H and O–H groups in total. The summed E-state index contributed by atoms with van der Waals surface area (Å²) in [5.74, 6) is -1.93. The lowest BCUT2D eigenvalue weighted by atomic mass is 10.1. The molecular weight excluding hydrogens is 368 g/mol. The number of non-ortho nitro benzene ring substituents is 1. The first-order valence-electron chi connectivity index (χ1n) is 8.32. The minimum Gasteiger partial charge on any atom is -0.465 e. The molecule has 146 valence electrons. The van der Waals surface area contributed by atoms with Gasteiger partial charge in [0, 0.05) is 23.4 Å². The maximum atomic E-state index is 12.4. The van der Waals surface area contributed by atoms with Gasteiger partial charge >= 0.3 is 11.9 Å². The number of esters is 2. The average Bonchev–Trinajstić information content (AvgIpc) is 2.71. The highest BCUT2D eigenvalue weighted by molar-refractivity contribution is 6.06. The van der Waals surface area contributed by atoms with E-state index >= 15 is 0 Å². The summed E-state index contributed by atoms with van der Waals surface area (Å²) >= 11 is 0. The third-order valence-corrected chi connectivity index (χ3v) is 3.63. The van der Waals surface area contributed by atoms with Crippen molar-refractivity contribution in [2.24, 2.45) is 0 Å². The van der Waals surface area contributed by atoms with Crippen LogP contribution in [0.1, 0.15) is 44.4 Å². The van der Waals surface area contributed by atoms with Gasteiger partial charge in [0.25, 0.3) is 11.6 Å². The molecule has 0 radical (unpaired) electrons. The molecule has 0 heterocycles. The molecule has 2 aromatic carbocycles. The molecule has 0 aliphatic rings. The summed E-state index contributed by atoms with van der Waals surface area (Å²) in [6.07, 6.45) is 0.705. The number of nitro groups is 1. The van der Waals surface area contributed by atoms with Gasteiger partial charge in [-0.2, -0.15) is 0 Å². The van der Waals surface area contributed by atoms with E-state index in [1.807, 2.05) is 6.92 Å². The molecule has 0 aromatic heterocycles. The van der Waals surface area contributed by atoms with Crippen molar-refractivity contribution in [2.45, 2.75) is 13.3 Å². The molecule has 0 saturated carbocycles. The number of nitrogens with zero attached hydrogens (tertiary/aromatic N) is 1. The minimum atomic E-state index is -0.798. The Balaban J connectivity index is 2.20. The first-order valence-corrected chi connectivity index (χ1v) is 8.32. The van der Waals surface area contributed by atoms with Crippen molar-refractivity contribution in [2.75, 3.05) is 19.0 Å². The number of carbonyl (C=O) groups is 3. The van der Waals surface area contributed by atoms with Crippen molar-refractivity contribution in [3.63, 3.8) is 0 Å². The average molecular weight is 386 g/mol. The smallest absolute Gasteiger partial charge is 0.338 e. The summed E-state index contributed by atoms with van der Waals surface area (Å²) < 4.78 is 9.57. The zero-order valence-corrected chi connectivity index (χ0v) is 15.3. The lowest BCUT2D eigenvalue weighted by molar-refractivity contribution is -0.384. The van der Waals surface area contributed by atoms with E-state index in [1.54, 1.807) is 0 Å². The van der Waals surface area contributed by atoms with E-state index in [0.29, 0.717) is 24.3 Å². The third-order valence-electron chi connectivity index (χ3n) is 3.63. The van der Waals surface area contributed by atoms with Crippen molar-refractivity contribution < 1.29 is 28.8 Å². The molecule has 0 unspecified atom stereocenters. The normalized spacial score (nSPS) is 10.1. The highest BCUT2D eigenvalue weighted by Gasteiger charge is 2.18. The van der Waals surface area contributed by atoms with Crippen LogP contribution in [0.3, 0.4) is 0 Å². The largest absolute Gasteiger partial charge is 0.465 e. The standard InChI is InChI=1S/C19H18N2O7/c1-3-8-28-19(24)12-4-6-15(7-5-12)20-17(22)13-9-14(18(23)27-2)11-16(10-13)21(25)26/h4-7,9-11H,3,8H2,1-2H3,(H,20,22). The SMILES string of the molecule is CCCOC(=O)c1ccc(NC(=O)c2cc(C(=O)OC)cc([N+](=O)[O-])c2)cc1. The van der Waals surface area contributed by atoms with Crippen LogP contribution in [-0.4, -0.2) is 36.5 Å². The maximum absolute atomic E-state index is 12.4. The zero-order chi connectivity index (χ0) is 20.7. The molecule has 9 nitrogen and oxygen atoms in total. The molecule has 2 rings (SSSR count). The first-order chi connectivity index (χ1) is 13.3. The Morgan fingerprint density at radius 1 is 1.00 bits per heavy atom. The molecule has 0 aliphatic carbocycles. The summed E-state index contributed by atoms with van der Waals surface area (Å²) in [5.41, 5.74) is 0.0805. The van der Waals surface area contributed by atoms with Crippen LogP contribution < -0.4 is 5.32 Å². The molecule has 9 heteroatoms. The molecule has 0 saturated heterocycles. The Morgan fingerprint density at radius 3 is 2.21 bits per heavy atom. The Morgan fingerprint density at radius 2 is 1.64 bits per heavy atom. The van der Waals surface area contributed by atoms with Crippen LogP contribution in [0.5, 0.6) is 0 Å². The molecular formula is C19H18N2O7. The Hall–Kier alpha value is -3.75. The van der Waals surface area contributed by atoms with Gasteiger partial charge in [0.2, 0.25) is 0 Å². The number of anilines is 1. The molecule has 2 aromatic rings. The fourth-order valence-corrected chi connectivity index (χ4v) is 2.25. The lowest BCUT2D eigenvalue weighted by Crippen LogP contribution is -2.14. The number of nitro benzene ring substituents is 1. The number of hydrogen-bond donors (Lipinski definition) is 1. The Bertz CT molecular complexity index is 907. The summed E-state index contributed by atoms with van der Waals surface area (Å²) in [4.78, 5) is 46.2. The monoisotopic (exact) mass is 386 g/mol.